The Labute approximate surface area is 89.0 Å². The predicted molar refractivity (Wildman–Crippen MR) is 31.5 cm³/mol. The summed E-state index contributed by atoms with van der Waals surface area (Å²) in [5, 5.41) is 7.75. The Morgan fingerprint density at radius 1 is 1.43 bits per heavy atom. The van der Waals surface area contributed by atoms with Gasteiger partial charge in [-0.05, 0) is 0 Å². The number of phosphoric acid groups is 1. The zero-order chi connectivity index (χ0) is 11.1. The molecule has 0 aromatic rings. The summed E-state index contributed by atoms with van der Waals surface area (Å²) in [6, 6.07) is 0. The van der Waals surface area contributed by atoms with E-state index in [0.29, 0.717) is 0 Å². The third-order valence-corrected chi connectivity index (χ3v) is 0.382. The molecule has 78 valence electrons. The van der Waals surface area contributed by atoms with E-state index in [1.54, 1.807) is 0 Å². The molecule has 0 atom stereocenters. The van der Waals surface area contributed by atoms with Gasteiger partial charge in [-0.25, -0.2) is 4.79 Å². The first-order valence-electron chi connectivity index (χ1n) is 2.46. The van der Waals surface area contributed by atoms with Crippen molar-refractivity contribution in [2.75, 3.05) is 0 Å². The van der Waals surface area contributed by atoms with Crippen molar-refractivity contribution >= 4 is 19.8 Å². The van der Waals surface area contributed by atoms with E-state index in [0.717, 1.165) is 0 Å². The van der Waals surface area contributed by atoms with Crippen molar-refractivity contribution in [3.8, 4) is 0 Å². The Hall–Kier alpha value is -0.423. The van der Waals surface area contributed by atoms with E-state index in [9.17, 15) is 14.1 Å². The molecule has 0 amide bonds. The number of carbonyl (C=O) groups is 2. The Balaban J connectivity index is -0.000000177. The molecular weight excluding hydrogens is 221 g/mol. The Morgan fingerprint density at radius 3 is 1.79 bits per heavy atom. The zero-order valence-electron chi connectivity index (χ0n) is 6.92. The fourth-order valence-electron chi connectivity index (χ4n) is 0.151. The predicted octanol–water partition coefficient (Wildman–Crippen LogP) is -4.67. The van der Waals surface area contributed by atoms with Crippen molar-refractivity contribution in [3.05, 3.63) is 0 Å². The van der Waals surface area contributed by atoms with Gasteiger partial charge in [0.1, 0.15) is 6.42 Å². The number of carbonyl (C=O) groups excluding carboxylic acids is 1. The molecule has 0 rings (SSSR count). The molecule has 0 aliphatic rings. The normalized spacial score (nSPS) is 8.86. The van der Waals surface area contributed by atoms with Gasteiger partial charge in [-0.2, -0.15) is 0 Å². The Morgan fingerprint density at radius 2 is 1.71 bits per heavy atom. The van der Waals surface area contributed by atoms with Crippen LogP contribution in [0.4, 0.5) is 4.53 Å². The molecule has 0 aromatic heterocycles. The summed E-state index contributed by atoms with van der Waals surface area (Å²) in [6.07, 6.45) is -0.934. The van der Waals surface area contributed by atoms with Gasteiger partial charge < -0.3 is 19.8 Å². The summed E-state index contributed by atoms with van der Waals surface area (Å²) in [6.45, 7) is 0. The van der Waals surface area contributed by atoms with Crippen LogP contribution in [0, 0.1) is 0 Å². The summed E-state index contributed by atoms with van der Waals surface area (Å²) in [5.74, 6) is -2.80. The van der Waals surface area contributed by atoms with Crippen LogP contribution in [0.3, 0.4) is 0 Å². The van der Waals surface area contributed by atoms with E-state index in [-0.39, 0.29) is 18.9 Å². The van der Waals surface area contributed by atoms with Crippen LogP contribution in [-0.2, 0) is 19.1 Å². The fourth-order valence-corrected chi connectivity index (χ4v) is 0.151. The summed E-state index contributed by atoms with van der Waals surface area (Å²) >= 11 is 0. The molecular formula is C3H5FLiO8P. The first-order valence-corrected chi connectivity index (χ1v) is 3.99. The minimum Gasteiger partial charge on any atom is -0.756 e. The van der Waals surface area contributed by atoms with Crippen LogP contribution in [0.15, 0.2) is 0 Å². The maximum atomic E-state index is 10.6. The van der Waals surface area contributed by atoms with Gasteiger partial charge in [0.25, 0.3) is 7.82 Å². The number of carboxylic acid groups (broad SMARTS) is 1. The number of carboxylic acids is 1. The van der Waals surface area contributed by atoms with E-state index in [2.05, 4.69) is 4.94 Å². The van der Waals surface area contributed by atoms with Gasteiger partial charge in [0.2, 0.25) is 0 Å². The van der Waals surface area contributed by atoms with Crippen LogP contribution in [0.5, 0.6) is 0 Å². The van der Waals surface area contributed by atoms with Crippen LogP contribution in [0.1, 0.15) is 6.42 Å². The first-order chi connectivity index (χ1) is 5.66. The molecule has 0 radical (unpaired) electrons. The minimum atomic E-state index is -4.89. The van der Waals surface area contributed by atoms with Gasteiger partial charge in [0.05, 0.1) is 0 Å². The maximum absolute atomic E-state index is 10.6. The van der Waals surface area contributed by atoms with Gasteiger partial charge in [0.15, 0.2) is 0 Å². The molecule has 0 bridgehead atoms. The van der Waals surface area contributed by atoms with Crippen LogP contribution in [-0.4, -0.2) is 26.8 Å². The van der Waals surface area contributed by atoms with E-state index < -0.39 is 26.2 Å². The smallest absolute Gasteiger partial charge is 0.756 e. The van der Waals surface area contributed by atoms with Crippen molar-refractivity contribution in [2.45, 2.75) is 6.42 Å². The molecule has 0 aliphatic carbocycles. The quantitative estimate of drug-likeness (QED) is 0.242. The molecule has 0 unspecified atom stereocenters. The summed E-state index contributed by atoms with van der Waals surface area (Å²) in [7, 11) is -4.89. The van der Waals surface area contributed by atoms with Crippen molar-refractivity contribution in [2.24, 2.45) is 0 Å². The van der Waals surface area contributed by atoms with Crippen molar-refractivity contribution < 1.29 is 62.3 Å². The largest absolute Gasteiger partial charge is 1.00 e. The maximum Gasteiger partial charge on any atom is 1.00 e. The number of halogens is 1. The van der Waals surface area contributed by atoms with Crippen LogP contribution in [0.25, 0.3) is 0 Å². The van der Waals surface area contributed by atoms with Gasteiger partial charge in [0, 0.05) is 4.53 Å². The molecule has 0 heterocycles. The summed E-state index contributed by atoms with van der Waals surface area (Å²) < 4.78 is 19.4. The van der Waals surface area contributed by atoms with Crippen molar-refractivity contribution in [3.63, 3.8) is 0 Å². The number of hydrogen-bond acceptors (Lipinski definition) is 5. The standard InChI is InChI=1S/C3H3FO4.Li.H3O4P/c4-8-3(7)1-2(5)6;;1-5(2,3)4/h1H2,(H,5,6);;(H3,1,2,3,4)/q;+1;/p-1. The van der Waals surface area contributed by atoms with Crippen LogP contribution >= 0.6 is 7.82 Å². The molecule has 11 heteroatoms. The first kappa shape index (κ1) is 19.2. The molecule has 3 N–H and O–H groups in total. The summed E-state index contributed by atoms with van der Waals surface area (Å²) in [4.78, 5) is 44.6. The molecule has 14 heavy (non-hydrogen) atoms. The summed E-state index contributed by atoms with van der Waals surface area (Å²) in [5.41, 5.74) is 0. The SMILES string of the molecule is O=C(O)CC(=O)OF.O=P([O-])(O)O.[Li+]. The number of aliphatic carboxylic acids is 1. The Kier molecular flexibility index (Phi) is 12.5. The third-order valence-electron chi connectivity index (χ3n) is 0.382. The fraction of sp³-hybridized carbons (Fsp3) is 0.333. The second kappa shape index (κ2) is 9.14. The van der Waals surface area contributed by atoms with E-state index >= 15 is 0 Å². The molecule has 0 saturated heterocycles. The topological polar surface area (TPSA) is 144 Å². The molecule has 0 fully saturated rings. The zero-order valence-corrected chi connectivity index (χ0v) is 7.81. The van der Waals surface area contributed by atoms with Gasteiger partial charge in [-0.3, -0.25) is 14.3 Å². The third kappa shape index (κ3) is 41.6. The van der Waals surface area contributed by atoms with Crippen molar-refractivity contribution in [1.29, 1.82) is 0 Å². The van der Waals surface area contributed by atoms with Gasteiger partial charge in [-0.15, -0.1) is 0 Å². The van der Waals surface area contributed by atoms with E-state index in [1.807, 2.05) is 0 Å². The van der Waals surface area contributed by atoms with Gasteiger partial charge >= 0.3 is 30.8 Å². The minimum absolute atomic E-state index is 0. The molecule has 8 nitrogen and oxygen atoms in total. The van der Waals surface area contributed by atoms with Crippen molar-refractivity contribution in [1.82, 2.24) is 0 Å². The second-order valence-corrected chi connectivity index (χ2v) is 2.49. The van der Waals surface area contributed by atoms with E-state index in [1.165, 1.54) is 0 Å². The average Bonchev–Trinajstić information content (AvgIpc) is 1.82. The van der Waals surface area contributed by atoms with Crippen LogP contribution < -0.4 is 23.8 Å². The van der Waals surface area contributed by atoms with Crippen LogP contribution in [0.2, 0.25) is 0 Å². The molecule has 0 saturated carbocycles. The Bertz CT molecular complexity index is 216. The number of rotatable bonds is 2. The molecule has 0 aromatic carbocycles. The average molecular weight is 226 g/mol. The molecule has 0 aliphatic heterocycles. The van der Waals surface area contributed by atoms with Gasteiger partial charge in [-0.1, -0.05) is 0 Å². The molecule has 0 spiro atoms. The second-order valence-electron chi connectivity index (χ2n) is 1.51. The van der Waals surface area contributed by atoms with E-state index in [4.69, 9.17) is 24.4 Å². The monoisotopic (exact) mass is 226 g/mol. The number of hydrogen-bond donors (Lipinski definition) is 3.